The molecule has 0 bridgehead atoms. The molecule has 3 aromatic rings. The number of hydrogen-bond donors (Lipinski definition) is 2. The Bertz CT molecular complexity index is 1720. The molecule has 0 amide bonds. The molecule has 1 fully saturated rings. The third kappa shape index (κ3) is 8.84. The number of nitrogens with zero attached hydrogens (tertiary/aromatic N) is 5. The molecule has 2 aromatic heterocycles. The molecule has 0 spiro atoms. The van der Waals surface area contributed by atoms with Crippen LogP contribution in [-0.4, -0.2) is 88.5 Å². The molecule has 0 saturated carbocycles. The maximum Gasteiger partial charge on any atom is 0.305 e. The molecular formula is C30H43N7O9S. The Kier molecular flexibility index (Phi) is 12.3. The fourth-order valence-corrected chi connectivity index (χ4v) is 6.98. The molecular weight excluding hydrogens is 634 g/mol. The quantitative estimate of drug-likeness (QED) is 0.0815. The van der Waals surface area contributed by atoms with Crippen LogP contribution in [0.25, 0.3) is 22.4 Å². The Labute approximate surface area is 272 Å². The number of benzene rings is 1. The van der Waals surface area contributed by atoms with Crippen LogP contribution in [0.4, 0.5) is 0 Å². The summed E-state index contributed by atoms with van der Waals surface area (Å²) in [5, 5.41) is 17.3. The molecule has 17 heteroatoms. The van der Waals surface area contributed by atoms with E-state index in [9.17, 15) is 28.1 Å². The minimum Gasteiger partial charge on any atom is -0.493 e. The first kappa shape index (κ1) is 35.8. The van der Waals surface area contributed by atoms with Gasteiger partial charge in [-0.25, -0.2) is 13.4 Å². The number of esters is 1. The van der Waals surface area contributed by atoms with Crippen molar-refractivity contribution in [2.75, 3.05) is 32.8 Å². The van der Waals surface area contributed by atoms with Gasteiger partial charge in [0.05, 0.1) is 22.8 Å². The lowest BCUT2D eigenvalue weighted by molar-refractivity contribution is -0.768. The van der Waals surface area contributed by atoms with E-state index in [1.807, 2.05) is 13.8 Å². The second kappa shape index (κ2) is 16.1. The van der Waals surface area contributed by atoms with Crippen molar-refractivity contribution < 1.29 is 32.6 Å². The Balaban J connectivity index is 1.32. The van der Waals surface area contributed by atoms with Crippen LogP contribution in [0.1, 0.15) is 65.0 Å². The molecule has 16 nitrogen and oxygen atoms in total. The molecule has 3 heterocycles. The van der Waals surface area contributed by atoms with Crippen molar-refractivity contribution in [2.45, 2.75) is 82.8 Å². The lowest BCUT2D eigenvalue weighted by atomic mass is 10.1. The summed E-state index contributed by atoms with van der Waals surface area (Å²) in [5.41, 5.74) is 1.47. The molecule has 0 radical (unpaired) electrons. The monoisotopic (exact) mass is 677 g/mol. The van der Waals surface area contributed by atoms with Crippen LogP contribution in [0.15, 0.2) is 27.9 Å². The Morgan fingerprint density at radius 2 is 2.00 bits per heavy atom. The van der Waals surface area contributed by atoms with Crippen molar-refractivity contribution in [1.29, 1.82) is 0 Å². The van der Waals surface area contributed by atoms with Crippen molar-refractivity contribution in [3.05, 3.63) is 44.4 Å². The summed E-state index contributed by atoms with van der Waals surface area (Å²) in [7, 11) is -2.18. The lowest BCUT2D eigenvalue weighted by Gasteiger charge is -2.38. The number of nitrogens with one attached hydrogen (secondary N) is 2. The summed E-state index contributed by atoms with van der Waals surface area (Å²) in [6.07, 6.45) is 3.33. The zero-order valence-corrected chi connectivity index (χ0v) is 28.0. The predicted octanol–water partition coefficient (Wildman–Crippen LogP) is 2.73. The molecule has 1 aliphatic heterocycles. The van der Waals surface area contributed by atoms with Crippen LogP contribution < -0.4 is 15.6 Å². The molecule has 0 aliphatic carbocycles. The topological polar surface area (TPSA) is 201 Å². The minimum absolute atomic E-state index is 0.0428. The van der Waals surface area contributed by atoms with E-state index in [0.717, 1.165) is 6.42 Å². The van der Waals surface area contributed by atoms with E-state index < -0.39 is 21.2 Å². The van der Waals surface area contributed by atoms with Crippen LogP contribution in [0.5, 0.6) is 5.75 Å². The number of aryl methyl sites for hydroxylation is 2. The van der Waals surface area contributed by atoms with E-state index in [1.165, 1.54) is 21.1 Å². The van der Waals surface area contributed by atoms with Crippen LogP contribution in [-0.2, 0) is 37.9 Å². The van der Waals surface area contributed by atoms with E-state index in [2.05, 4.69) is 20.2 Å². The number of rotatable bonds is 19. The van der Waals surface area contributed by atoms with Crippen molar-refractivity contribution in [2.24, 2.45) is 7.05 Å². The Morgan fingerprint density at radius 3 is 2.68 bits per heavy atom. The molecule has 1 unspecified atom stereocenters. The number of unbranched alkanes of at least 4 members (excludes halogenated alkanes) is 1. The zero-order chi connectivity index (χ0) is 34.1. The average Bonchev–Trinajstić information content (AvgIpc) is 3.32. The summed E-state index contributed by atoms with van der Waals surface area (Å²) in [4.78, 5) is 47.6. The highest BCUT2D eigenvalue weighted by Gasteiger charge is 2.37. The molecule has 2 N–H and O–H groups in total. The van der Waals surface area contributed by atoms with Gasteiger partial charge in [-0.15, -0.1) is 10.1 Å². The molecule has 1 atom stereocenters. The summed E-state index contributed by atoms with van der Waals surface area (Å²) in [6, 6.07) is 4.41. The van der Waals surface area contributed by atoms with E-state index in [1.54, 1.807) is 20.0 Å². The van der Waals surface area contributed by atoms with E-state index in [4.69, 9.17) is 14.5 Å². The van der Waals surface area contributed by atoms with Crippen LogP contribution in [0.3, 0.4) is 0 Å². The molecule has 4 rings (SSSR count). The Hall–Kier alpha value is -4.09. The van der Waals surface area contributed by atoms with Crippen molar-refractivity contribution in [1.82, 2.24) is 29.4 Å². The van der Waals surface area contributed by atoms with E-state index >= 15 is 0 Å². The summed E-state index contributed by atoms with van der Waals surface area (Å²) < 4.78 is 40.9. The number of aromatic nitrogens is 4. The van der Waals surface area contributed by atoms with Gasteiger partial charge in [0, 0.05) is 39.1 Å². The highest BCUT2D eigenvalue weighted by molar-refractivity contribution is 7.89. The predicted molar refractivity (Wildman–Crippen MR) is 172 cm³/mol. The number of sulfonamides is 1. The van der Waals surface area contributed by atoms with Gasteiger partial charge in [0.15, 0.2) is 5.52 Å². The normalized spacial score (nSPS) is 14.6. The van der Waals surface area contributed by atoms with Gasteiger partial charge in [-0.2, -0.15) is 9.40 Å². The van der Waals surface area contributed by atoms with E-state index in [0.29, 0.717) is 73.3 Å². The molecule has 1 aliphatic rings. The fraction of sp³-hybridized carbons (Fsp3) is 0.600. The molecule has 258 valence electrons. The largest absolute Gasteiger partial charge is 0.493 e. The summed E-state index contributed by atoms with van der Waals surface area (Å²) in [5.74, 6) is 0.223. The van der Waals surface area contributed by atoms with Gasteiger partial charge >= 0.3 is 5.97 Å². The Morgan fingerprint density at radius 1 is 1.23 bits per heavy atom. The second-order valence-electron chi connectivity index (χ2n) is 11.3. The first-order valence-electron chi connectivity index (χ1n) is 15.9. The smallest absolute Gasteiger partial charge is 0.305 e. The number of hydrogen-bond acceptors (Lipinski definition) is 12. The number of ether oxygens (including phenoxy) is 2. The first-order valence-corrected chi connectivity index (χ1v) is 17.4. The summed E-state index contributed by atoms with van der Waals surface area (Å²) in [6.45, 7) is 6.93. The number of fused-ring (bicyclic) bond motifs is 1. The molecule has 47 heavy (non-hydrogen) atoms. The van der Waals surface area contributed by atoms with Crippen molar-refractivity contribution in [3.63, 3.8) is 0 Å². The van der Waals surface area contributed by atoms with Crippen LogP contribution in [0.2, 0.25) is 0 Å². The third-order valence-electron chi connectivity index (χ3n) is 7.89. The standard InChI is InChI=1S/C30H43N7O9S/c1-5-10-24-27-28(35(4)34-24)30(39)33-29(32-27)23-17-22(13-14-25(23)44-7-3)47(42,43)36-18-20(19-36)31-15-16-45-26(38)12-9-8-11-21(6-2)46-37(40)41/h13-14,17,20-21,31H,5-12,15-16,18-19H2,1-4H3,(H,32,33,39). The van der Waals surface area contributed by atoms with Gasteiger partial charge in [0.1, 0.15) is 29.8 Å². The van der Waals surface area contributed by atoms with Gasteiger partial charge in [0.25, 0.3) is 10.6 Å². The van der Waals surface area contributed by atoms with Crippen LogP contribution >= 0.6 is 0 Å². The van der Waals surface area contributed by atoms with Gasteiger partial charge in [-0.05, 0) is 50.8 Å². The minimum atomic E-state index is -3.86. The maximum absolute atomic E-state index is 13.5. The number of H-pyrrole nitrogens is 1. The highest BCUT2D eigenvalue weighted by Crippen LogP contribution is 2.33. The SMILES string of the molecule is CCCc1nn(C)c2c(=O)[nH]c(-c3cc(S(=O)(=O)N4CC(NCCOC(=O)CCCCC(CC)O[N+](=O)[O-])C4)ccc3OCC)nc12. The van der Waals surface area contributed by atoms with E-state index in [-0.39, 0.29) is 54.4 Å². The first-order chi connectivity index (χ1) is 22.5. The van der Waals surface area contributed by atoms with Gasteiger partial charge in [-0.3, -0.25) is 14.3 Å². The fourth-order valence-electron chi connectivity index (χ4n) is 5.42. The lowest BCUT2D eigenvalue weighted by Crippen LogP contribution is -2.60. The zero-order valence-electron chi connectivity index (χ0n) is 27.2. The average molecular weight is 678 g/mol. The molecule has 1 aromatic carbocycles. The van der Waals surface area contributed by atoms with Crippen molar-refractivity contribution in [3.8, 4) is 17.1 Å². The number of aromatic amines is 1. The highest BCUT2D eigenvalue weighted by atomic mass is 32.2. The number of carbonyl (C=O) groups is 1. The second-order valence-corrected chi connectivity index (χ2v) is 13.3. The van der Waals surface area contributed by atoms with Gasteiger partial charge in [0.2, 0.25) is 10.0 Å². The van der Waals surface area contributed by atoms with Gasteiger partial charge < -0.3 is 24.6 Å². The third-order valence-corrected chi connectivity index (χ3v) is 9.71. The summed E-state index contributed by atoms with van der Waals surface area (Å²) >= 11 is 0. The van der Waals surface area contributed by atoms with Crippen LogP contribution in [0, 0.1) is 10.1 Å². The van der Waals surface area contributed by atoms with Gasteiger partial charge in [-0.1, -0.05) is 26.7 Å². The maximum atomic E-state index is 13.5. The van der Waals surface area contributed by atoms with Crippen molar-refractivity contribution >= 4 is 27.0 Å². The molecule has 1 saturated heterocycles. The number of carbonyl (C=O) groups excluding carboxylic acids is 1.